The van der Waals surface area contributed by atoms with Crippen molar-refractivity contribution in [1.82, 2.24) is 20.5 Å². The molecule has 0 unspecified atom stereocenters. The molecule has 1 aliphatic rings. The third-order valence-electron chi connectivity index (χ3n) is 5.69. The number of nitrogens with one attached hydrogen (secondary N) is 2. The lowest BCUT2D eigenvalue weighted by Gasteiger charge is -2.34. The molecule has 3 rings (SSSR count). The number of β-amino-alcohol motifs (C(OH)–C–C–N with tert-alkyl or cyclic N) is 1. The third-order valence-corrected chi connectivity index (χ3v) is 5.69. The highest BCUT2D eigenvalue weighted by molar-refractivity contribution is 5.91. The number of aliphatic hydroxyl groups is 1. The van der Waals surface area contributed by atoms with Gasteiger partial charge in [-0.25, -0.2) is 4.98 Å². The molecule has 2 heterocycles. The van der Waals surface area contributed by atoms with Crippen LogP contribution in [0.4, 0.5) is 0 Å². The Morgan fingerprint density at radius 3 is 2.52 bits per heavy atom. The number of likely N-dealkylation sites (tertiary alicyclic amines) is 1. The number of aromatic nitrogens is 1. The van der Waals surface area contributed by atoms with Gasteiger partial charge >= 0.3 is 0 Å². The van der Waals surface area contributed by atoms with E-state index in [1.807, 2.05) is 52.0 Å². The topological polar surface area (TPSA) is 108 Å². The Labute approximate surface area is 183 Å². The van der Waals surface area contributed by atoms with Crippen LogP contribution in [-0.2, 0) is 16.1 Å². The van der Waals surface area contributed by atoms with Crippen molar-refractivity contribution in [2.45, 2.75) is 58.8 Å². The largest absolute Gasteiger partial charge is 0.443 e. The van der Waals surface area contributed by atoms with Crippen LogP contribution in [0.1, 0.15) is 38.4 Å². The minimum atomic E-state index is -0.707. The van der Waals surface area contributed by atoms with Gasteiger partial charge in [-0.15, -0.1) is 0 Å². The summed E-state index contributed by atoms with van der Waals surface area (Å²) in [6.07, 6.45) is 0.948. The molecule has 31 heavy (non-hydrogen) atoms. The minimum Gasteiger partial charge on any atom is -0.443 e. The van der Waals surface area contributed by atoms with Gasteiger partial charge in [-0.2, -0.15) is 0 Å². The molecule has 0 saturated carbocycles. The molecular formula is C23H32N4O4. The molecule has 1 aromatic carbocycles. The predicted molar refractivity (Wildman–Crippen MR) is 117 cm³/mol. The molecule has 1 aliphatic heterocycles. The lowest BCUT2D eigenvalue weighted by Crippen LogP contribution is -2.55. The maximum absolute atomic E-state index is 13.1. The van der Waals surface area contributed by atoms with Gasteiger partial charge in [0, 0.05) is 25.1 Å². The van der Waals surface area contributed by atoms with E-state index in [-0.39, 0.29) is 30.2 Å². The number of nitrogens with zero attached hydrogens (tertiary/aromatic N) is 2. The SMILES string of the molecule is CN[C@H](C(=O)N1C[C@H](O)C[C@H]1C(=O)NCc1ccc(-c2ocnc2C)cc1)C(C)(C)C. The summed E-state index contributed by atoms with van der Waals surface area (Å²) in [6, 6.07) is 6.55. The number of carbonyl (C=O) groups excluding carboxylic acids is 2. The smallest absolute Gasteiger partial charge is 0.243 e. The second kappa shape index (κ2) is 9.20. The number of rotatable bonds is 6. The number of amides is 2. The summed E-state index contributed by atoms with van der Waals surface area (Å²) in [5.74, 6) is 0.296. The van der Waals surface area contributed by atoms with Crippen LogP contribution >= 0.6 is 0 Å². The van der Waals surface area contributed by atoms with E-state index in [4.69, 9.17) is 4.42 Å². The van der Waals surface area contributed by atoms with E-state index in [9.17, 15) is 14.7 Å². The van der Waals surface area contributed by atoms with Crippen LogP contribution in [0.25, 0.3) is 11.3 Å². The lowest BCUT2D eigenvalue weighted by atomic mass is 9.86. The van der Waals surface area contributed by atoms with Crippen LogP contribution in [0.15, 0.2) is 35.1 Å². The minimum absolute atomic E-state index is 0.163. The summed E-state index contributed by atoms with van der Waals surface area (Å²) in [7, 11) is 1.74. The maximum atomic E-state index is 13.1. The van der Waals surface area contributed by atoms with Crippen molar-refractivity contribution in [2.75, 3.05) is 13.6 Å². The summed E-state index contributed by atoms with van der Waals surface area (Å²) in [5.41, 5.74) is 2.35. The van der Waals surface area contributed by atoms with Gasteiger partial charge in [0.05, 0.1) is 17.8 Å². The molecule has 0 radical (unpaired) electrons. The van der Waals surface area contributed by atoms with Crippen molar-refractivity contribution < 1.29 is 19.1 Å². The van der Waals surface area contributed by atoms with Gasteiger partial charge in [0.1, 0.15) is 6.04 Å². The van der Waals surface area contributed by atoms with Crippen molar-refractivity contribution in [3.05, 3.63) is 41.9 Å². The molecule has 3 atom stereocenters. The number of likely N-dealkylation sites (N-methyl/N-ethyl adjacent to an activating group) is 1. The number of aryl methyl sites for hydroxylation is 1. The first-order valence-electron chi connectivity index (χ1n) is 10.5. The lowest BCUT2D eigenvalue weighted by molar-refractivity contribution is -0.142. The number of oxazole rings is 1. The van der Waals surface area contributed by atoms with Crippen molar-refractivity contribution in [1.29, 1.82) is 0 Å². The molecule has 168 valence electrons. The molecule has 1 aromatic heterocycles. The Morgan fingerprint density at radius 2 is 1.97 bits per heavy atom. The van der Waals surface area contributed by atoms with Gasteiger partial charge in [-0.05, 0) is 24.9 Å². The number of aliphatic hydroxyl groups excluding tert-OH is 1. The maximum Gasteiger partial charge on any atom is 0.243 e. The first-order chi connectivity index (χ1) is 14.6. The normalized spacial score (nSPS) is 20.0. The van der Waals surface area contributed by atoms with E-state index in [0.717, 1.165) is 22.6 Å². The molecule has 2 aromatic rings. The summed E-state index contributed by atoms with van der Waals surface area (Å²) in [5, 5.41) is 16.1. The molecule has 0 spiro atoms. The number of hydrogen-bond donors (Lipinski definition) is 3. The van der Waals surface area contributed by atoms with E-state index in [1.54, 1.807) is 7.05 Å². The summed E-state index contributed by atoms with van der Waals surface area (Å²) < 4.78 is 5.41. The van der Waals surface area contributed by atoms with Crippen LogP contribution < -0.4 is 10.6 Å². The van der Waals surface area contributed by atoms with Crippen molar-refractivity contribution in [3.8, 4) is 11.3 Å². The standard InChI is InChI=1S/C23H32N4O4/c1-14-19(31-13-26-14)16-8-6-15(7-9-16)11-25-21(29)18-10-17(28)12-27(18)22(30)20(24-5)23(2,3)4/h6-9,13,17-18,20,24,28H,10-12H2,1-5H3,(H,25,29)/t17-,18+,20-/m1/s1. The van der Waals surface area contributed by atoms with Crippen LogP contribution in [0.2, 0.25) is 0 Å². The second-order valence-electron chi connectivity index (χ2n) is 9.17. The van der Waals surface area contributed by atoms with E-state index < -0.39 is 18.2 Å². The zero-order chi connectivity index (χ0) is 22.8. The highest BCUT2D eigenvalue weighted by Gasteiger charge is 2.43. The quantitative estimate of drug-likeness (QED) is 0.648. The fourth-order valence-corrected chi connectivity index (χ4v) is 4.06. The third kappa shape index (κ3) is 5.14. The number of carbonyl (C=O) groups is 2. The molecule has 1 saturated heterocycles. The summed E-state index contributed by atoms with van der Waals surface area (Å²) in [4.78, 5) is 31.6. The predicted octanol–water partition coefficient (Wildman–Crippen LogP) is 1.86. The van der Waals surface area contributed by atoms with Gasteiger partial charge in [0.15, 0.2) is 12.2 Å². The van der Waals surface area contributed by atoms with Crippen molar-refractivity contribution >= 4 is 11.8 Å². The Hall–Kier alpha value is -2.71. The molecule has 3 N–H and O–H groups in total. The summed E-state index contributed by atoms with van der Waals surface area (Å²) >= 11 is 0. The zero-order valence-corrected chi connectivity index (χ0v) is 18.8. The van der Waals surface area contributed by atoms with Gasteiger partial charge in [-0.3, -0.25) is 9.59 Å². The average Bonchev–Trinajstić information content (AvgIpc) is 3.31. The highest BCUT2D eigenvalue weighted by atomic mass is 16.3. The Morgan fingerprint density at radius 1 is 1.29 bits per heavy atom. The van der Waals surface area contributed by atoms with Crippen molar-refractivity contribution in [3.63, 3.8) is 0 Å². The van der Waals surface area contributed by atoms with Crippen LogP contribution in [-0.4, -0.2) is 58.6 Å². The van der Waals surface area contributed by atoms with E-state index >= 15 is 0 Å². The Balaban J connectivity index is 1.65. The second-order valence-corrected chi connectivity index (χ2v) is 9.17. The molecule has 8 heteroatoms. The first kappa shape index (κ1) is 23.0. The van der Waals surface area contributed by atoms with Crippen molar-refractivity contribution in [2.24, 2.45) is 5.41 Å². The van der Waals surface area contributed by atoms with Gasteiger partial charge < -0.3 is 25.1 Å². The van der Waals surface area contributed by atoms with Gasteiger partial charge in [-0.1, -0.05) is 45.0 Å². The summed E-state index contributed by atoms with van der Waals surface area (Å²) in [6.45, 7) is 8.29. The van der Waals surface area contributed by atoms with Crippen LogP contribution in [0.3, 0.4) is 0 Å². The molecular weight excluding hydrogens is 396 g/mol. The average molecular weight is 429 g/mol. The highest BCUT2D eigenvalue weighted by Crippen LogP contribution is 2.26. The van der Waals surface area contributed by atoms with E-state index in [2.05, 4.69) is 15.6 Å². The van der Waals surface area contributed by atoms with E-state index in [1.165, 1.54) is 11.3 Å². The van der Waals surface area contributed by atoms with Gasteiger partial charge in [0.2, 0.25) is 11.8 Å². The van der Waals surface area contributed by atoms with Crippen LogP contribution in [0.5, 0.6) is 0 Å². The fraction of sp³-hybridized carbons (Fsp3) is 0.522. The van der Waals surface area contributed by atoms with Crippen LogP contribution in [0, 0.1) is 12.3 Å². The molecule has 0 aliphatic carbocycles. The molecule has 0 bridgehead atoms. The number of benzene rings is 1. The fourth-order valence-electron chi connectivity index (χ4n) is 4.06. The van der Waals surface area contributed by atoms with Gasteiger partial charge in [0.25, 0.3) is 0 Å². The Kier molecular flexibility index (Phi) is 6.81. The molecule has 1 fully saturated rings. The molecule has 8 nitrogen and oxygen atoms in total. The number of hydrogen-bond acceptors (Lipinski definition) is 6. The molecule has 2 amide bonds. The van der Waals surface area contributed by atoms with E-state index in [0.29, 0.717) is 6.54 Å². The monoisotopic (exact) mass is 428 g/mol. The first-order valence-corrected chi connectivity index (χ1v) is 10.5. The Bertz CT molecular complexity index is 916. The zero-order valence-electron chi connectivity index (χ0n) is 18.8.